The molecular weight excluding hydrogens is 522 g/mol. The summed E-state index contributed by atoms with van der Waals surface area (Å²) in [5.74, 6) is -0.979. The number of hydrogen-bond donors (Lipinski definition) is 1. The topological polar surface area (TPSA) is 15.3 Å². The summed E-state index contributed by atoms with van der Waals surface area (Å²) in [7, 11) is 0. The molecule has 1 N–H and O–H groups in total. The summed E-state index contributed by atoms with van der Waals surface area (Å²) in [6.07, 6.45) is 0. The van der Waals surface area contributed by atoms with Gasteiger partial charge in [-0.05, 0) is 94.8 Å². The summed E-state index contributed by atoms with van der Waals surface area (Å²) in [6.45, 7) is 13.0. The summed E-state index contributed by atoms with van der Waals surface area (Å²) in [6, 6.07) is 36.1. The maximum absolute atomic E-state index is 15.7. The van der Waals surface area contributed by atoms with Crippen LogP contribution in [0.15, 0.2) is 115 Å². The summed E-state index contributed by atoms with van der Waals surface area (Å²) in [4.78, 5) is 2.01. The van der Waals surface area contributed by atoms with E-state index < -0.39 is 11.6 Å². The Balaban J connectivity index is 1.43. The van der Waals surface area contributed by atoms with Crippen molar-refractivity contribution in [3.8, 4) is 11.1 Å². The predicted molar refractivity (Wildman–Crippen MR) is 174 cm³/mol. The monoisotopic (exact) mass is 560 g/mol. The molecule has 5 aromatic carbocycles. The van der Waals surface area contributed by atoms with Crippen molar-refractivity contribution in [2.45, 2.75) is 52.4 Å². The van der Waals surface area contributed by atoms with E-state index in [2.05, 4.69) is 83.3 Å². The van der Waals surface area contributed by atoms with Crippen molar-refractivity contribution in [2.24, 2.45) is 0 Å². The molecule has 0 amide bonds. The molecule has 0 aliphatic heterocycles. The molecule has 0 spiro atoms. The van der Waals surface area contributed by atoms with Crippen molar-refractivity contribution in [1.82, 2.24) is 0 Å². The average Bonchev–Trinajstić information content (AvgIpc) is 2.94. The molecule has 214 valence electrons. The molecule has 0 saturated heterocycles. The second-order valence-electron chi connectivity index (χ2n) is 12.8. The lowest BCUT2D eigenvalue weighted by atomic mass is 9.87. The number of nitrogens with one attached hydrogen (secondary N) is 1. The molecule has 42 heavy (non-hydrogen) atoms. The lowest BCUT2D eigenvalue weighted by molar-refractivity contribution is 0.590. The zero-order chi connectivity index (χ0) is 30.1. The molecule has 0 aromatic heterocycles. The van der Waals surface area contributed by atoms with Crippen LogP contribution >= 0.6 is 0 Å². The average molecular weight is 561 g/mol. The number of hydrogen-bond acceptors (Lipinski definition) is 2. The van der Waals surface area contributed by atoms with Crippen molar-refractivity contribution in [3.63, 3.8) is 0 Å². The summed E-state index contributed by atoms with van der Waals surface area (Å²) >= 11 is 0. The van der Waals surface area contributed by atoms with Gasteiger partial charge in [-0.15, -0.1) is 0 Å². The number of para-hydroxylation sites is 1. The standard InChI is InChI=1S/C38H38F2N2/c1-37(2,3)26-12-16-28(17-13-26)41-29-18-22-33(35(39)24-29)34-23-21-32(25-36(34)40)42(30-10-8-7-9-11-30)31-19-14-27(15-20-31)38(4,5)6/h7-25,41H,1-6H3. The van der Waals surface area contributed by atoms with Gasteiger partial charge in [0.25, 0.3) is 0 Å². The predicted octanol–water partition coefficient (Wildman–Crippen LogP) is 11.4. The zero-order valence-electron chi connectivity index (χ0n) is 25.2. The Hall–Kier alpha value is -4.44. The lowest BCUT2D eigenvalue weighted by Gasteiger charge is -2.27. The zero-order valence-corrected chi connectivity index (χ0v) is 25.2. The van der Waals surface area contributed by atoms with E-state index in [-0.39, 0.29) is 22.0 Å². The van der Waals surface area contributed by atoms with Gasteiger partial charge >= 0.3 is 0 Å². The van der Waals surface area contributed by atoms with Gasteiger partial charge in [0.15, 0.2) is 0 Å². The number of anilines is 5. The number of nitrogens with zero attached hydrogens (tertiary/aromatic N) is 1. The highest BCUT2D eigenvalue weighted by molar-refractivity contribution is 5.79. The van der Waals surface area contributed by atoms with E-state index in [9.17, 15) is 0 Å². The number of halogens is 2. The van der Waals surface area contributed by atoms with Crippen LogP contribution in [0.2, 0.25) is 0 Å². The molecule has 5 rings (SSSR count). The Morgan fingerprint density at radius 3 is 1.45 bits per heavy atom. The Morgan fingerprint density at radius 2 is 0.929 bits per heavy atom. The molecule has 5 aromatic rings. The van der Waals surface area contributed by atoms with Gasteiger partial charge in [-0.2, -0.15) is 0 Å². The molecule has 0 saturated carbocycles. The summed E-state index contributed by atoms with van der Waals surface area (Å²) < 4.78 is 31.0. The van der Waals surface area contributed by atoms with Gasteiger partial charge in [0.05, 0.1) is 0 Å². The molecule has 0 heterocycles. The summed E-state index contributed by atoms with van der Waals surface area (Å²) in [5, 5.41) is 3.25. The van der Waals surface area contributed by atoms with Gasteiger partial charge in [0, 0.05) is 39.6 Å². The molecule has 0 unspecified atom stereocenters. The smallest absolute Gasteiger partial charge is 0.133 e. The first-order valence-corrected chi connectivity index (χ1v) is 14.3. The second-order valence-corrected chi connectivity index (χ2v) is 12.8. The van der Waals surface area contributed by atoms with Crippen molar-refractivity contribution in [2.75, 3.05) is 10.2 Å². The minimum Gasteiger partial charge on any atom is -0.355 e. The highest BCUT2D eigenvalue weighted by atomic mass is 19.1. The molecule has 0 aliphatic rings. The van der Waals surface area contributed by atoms with Gasteiger partial charge < -0.3 is 10.2 Å². The quantitative estimate of drug-likeness (QED) is 0.222. The second kappa shape index (κ2) is 11.4. The van der Waals surface area contributed by atoms with Gasteiger partial charge in [-0.3, -0.25) is 0 Å². The van der Waals surface area contributed by atoms with Crippen LogP contribution in [-0.2, 0) is 10.8 Å². The first kappa shape index (κ1) is 29.1. The molecular formula is C38H38F2N2. The van der Waals surface area contributed by atoms with Gasteiger partial charge in [-0.1, -0.05) is 84.0 Å². The maximum Gasteiger partial charge on any atom is 0.133 e. The molecule has 0 fully saturated rings. The fraction of sp³-hybridized carbons (Fsp3) is 0.211. The van der Waals surface area contributed by atoms with E-state index in [0.717, 1.165) is 17.1 Å². The minimum atomic E-state index is -0.490. The third-order valence-corrected chi connectivity index (χ3v) is 7.52. The number of benzene rings is 5. The van der Waals surface area contributed by atoms with Gasteiger partial charge in [-0.25, -0.2) is 8.78 Å². The third-order valence-electron chi connectivity index (χ3n) is 7.52. The molecule has 4 heteroatoms. The molecule has 2 nitrogen and oxygen atoms in total. The first-order chi connectivity index (χ1) is 19.9. The highest BCUT2D eigenvalue weighted by Crippen LogP contribution is 2.38. The van der Waals surface area contributed by atoms with E-state index in [4.69, 9.17) is 0 Å². The van der Waals surface area contributed by atoms with Crippen molar-refractivity contribution in [3.05, 3.63) is 138 Å². The van der Waals surface area contributed by atoms with Crippen molar-refractivity contribution >= 4 is 28.4 Å². The van der Waals surface area contributed by atoms with E-state index in [0.29, 0.717) is 11.4 Å². The Kier molecular flexibility index (Phi) is 7.92. The Morgan fingerprint density at radius 1 is 0.476 bits per heavy atom. The highest BCUT2D eigenvalue weighted by Gasteiger charge is 2.19. The van der Waals surface area contributed by atoms with Crippen LogP contribution in [0, 0.1) is 11.6 Å². The van der Waals surface area contributed by atoms with Gasteiger partial charge in [0.2, 0.25) is 0 Å². The van der Waals surface area contributed by atoms with E-state index in [1.165, 1.54) is 23.3 Å². The maximum atomic E-state index is 15.7. The lowest BCUT2D eigenvalue weighted by Crippen LogP contribution is -2.13. The molecule has 0 aliphatic carbocycles. The van der Waals surface area contributed by atoms with Crippen molar-refractivity contribution < 1.29 is 8.78 Å². The molecule has 0 bridgehead atoms. The van der Waals surface area contributed by atoms with E-state index >= 15 is 8.78 Å². The van der Waals surface area contributed by atoms with Crippen LogP contribution in [0.1, 0.15) is 52.7 Å². The first-order valence-electron chi connectivity index (χ1n) is 14.3. The van der Waals surface area contributed by atoms with Gasteiger partial charge in [0.1, 0.15) is 11.6 Å². The van der Waals surface area contributed by atoms with Crippen molar-refractivity contribution in [1.29, 1.82) is 0 Å². The van der Waals surface area contributed by atoms with Crippen LogP contribution in [0.5, 0.6) is 0 Å². The minimum absolute atomic E-state index is 0.0237. The number of rotatable bonds is 6. The van der Waals surface area contributed by atoms with E-state index in [1.54, 1.807) is 18.2 Å². The Labute approximate surface area is 248 Å². The summed E-state index contributed by atoms with van der Waals surface area (Å²) in [5.41, 5.74) is 6.90. The van der Waals surface area contributed by atoms with Crippen LogP contribution in [0.4, 0.5) is 37.2 Å². The third kappa shape index (κ3) is 6.38. The van der Waals surface area contributed by atoms with Crippen LogP contribution in [-0.4, -0.2) is 0 Å². The largest absolute Gasteiger partial charge is 0.355 e. The van der Waals surface area contributed by atoms with E-state index in [1.807, 2.05) is 53.4 Å². The van der Waals surface area contributed by atoms with Crippen LogP contribution < -0.4 is 10.2 Å². The fourth-order valence-electron chi connectivity index (χ4n) is 5.03. The molecule has 0 radical (unpaired) electrons. The molecule has 0 atom stereocenters. The van der Waals surface area contributed by atoms with Crippen LogP contribution in [0.3, 0.4) is 0 Å². The normalized spacial score (nSPS) is 11.8. The fourth-order valence-corrected chi connectivity index (χ4v) is 5.03. The Bertz CT molecular complexity index is 1660. The SMILES string of the molecule is CC(C)(C)c1ccc(Nc2ccc(-c3ccc(N(c4ccccc4)c4ccc(C(C)(C)C)cc4)cc3F)c(F)c2)cc1. The van der Waals surface area contributed by atoms with Crippen LogP contribution in [0.25, 0.3) is 11.1 Å².